The molecule has 3 heterocycles. The van der Waals surface area contributed by atoms with Gasteiger partial charge in [0.05, 0.1) is 43.8 Å². The first kappa shape index (κ1) is 28.1. The molecule has 3 N–H and O–H groups in total. The molecule has 5 rings (SSSR count). The van der Waals surface area contributed by atoms with Gasteiger partial charge in [-0.15, -0.1) is 0 Å². The standard InChI is InChI=1S/C31H34N4O6/c1-39-31(38)28-27(34-30(37)23-12-15-40-20-23)26-17-24(32-18-22-7-9-25(10-8-22)41-16-14-36)19-33-29(26)35(28)13-11-21-5-3-2-4-6-21/h2-10,17,19,23,32,36H,11-16,18,20H2,1H3,(H,34,37). The maximum Gasteiger partial charge on any atom is 0.356 e. The fourth-order valence-electron chi connectivity index (χ4n) is 4.90. The number of aryl methyl sites for hydroxylation is 2. The highest BCUT2D eigenvalue weighted by Crippen LogP contribution is 2.34. The summed E-state index contributed by atoms with van der Waals surface area (Å²) in [7, 11) is 1.33. The van der Waals surface area contributed by atoms with Crippen molar-refractivity contribution in [3.05, 3.63) is 83.7 Å². The maximum absolute atomic E-state index is 13.2. The van der Waals surface area contributed by atoms with Crippen molar-refractivity contribution in [3.8, 4) is 5.75 Å². The number of esters is 1. The van der Waals surface area contributed by atoms with Gasteiger partial charge in [0, 0.05) is 25.1 Å². The zero-order chi connectivity index (χ0) is 28.6. The van der Waals surface area contributed by atoms with Gasteiger partial charge in [-0.05, 0) is 42.2 Å². The third kappa shape index (κ3) is 6.67. The molecule has 10 nitrogen and oxygen atoms in total. The van der Waals surface area contributed by atoms with Crippen LogP contribution in [0.1, 0.15) is 28.0 Å². The van der Waals surface area contributed by atoms with Crippen molar-refractivity contribution in [2.45, 2.75) is 25.9 Å². The van der Waals surface area contributed by atoms with Gasteiger partial charge in [0.25, 0.3) is 0 Å². The molecular weight excluding hydrogens is 524 g/mol. The predicted molar refractivity (Wildman–Crippen MR) is 155 cm³/mol. The molecule has 0 saturated carbocycles. The number of pyridine rings is 1. The summed E-state index contributed by atoms with van der Waals surface area (Å²) in [6.45, 7) is 2.08. The van der Waals surface area contributed by atoms with Crippen molar-refractivity contribution in [2.24, 2.45) is 5.92 Å². The van der Waals surface area contributed by atoms with E-state index < -0.39 is 5.97 Å². The van der Waals surface area contributed by atoms with E-state index >= 15 is 0 Å². The topological polar surface area (TPSA) is 124 Å². The Kier molecular flexibility index (Phi) is 9.12. The first-order valence-electron chi connectivity index (χ1n) is 13.7. The van der Waals surface area contributed by atoms with Gasteiger partial charge in [-0.2, -0.15) is 0 Å². The van der Waals surface area contributed by atoms with Crippen LogP contribution < -0.4 is 15.4 Å². The largest absolute Gasteiger partial charge is 0.491 e. The number of methoxy groups -OCH3 is 1. The molecule has 2 aromatic heterocycles. The second-order valence-corrected chi connectivity index (χ2v) is 9.82. The number of ether oxygens (including phenoxy) is 3. The van der Waals surface area contributed by atoms with Crippen LogP contribution in [0.4, 0.5) is 11.4 Å². The molecule has 4 aromatic rings. The van der Waals surface area contributed by atoms with Gasteiger partial charge in [-0.3, -0.25) is 4.79 Å². The lowest BCUT2D eigenvalue weighted by Crippen LogP contribution is -2.24. The second kappa shape index (κ2) is 13.3. The molecule has 41 heavy (non-hydrogen) atoms. The minimum atomic E-state index is -0.549. The van der Waals surface area contributed by atoms with Crippen molar-refractivity contribution < 1.29 is 28.9 Å². The number of amides is 1. The molecule has 2 aromatic carbocycles. The number of carbonyl (C=O) groups is 2. The molecule has 1 aliphatic rings. The van der Waals surface area contributed by atoms with Gasteiger partial charge in [0.2, 0.25) is 5.91 Å². The van der Waals surface area contributed by atoms with Crippen LogP contribution in [0.5, 0.6) is 5.75 Å². The number of aromatic nitrogens is 2. The minimum absolute atomic E-state index is 0.0403. The lowest BCUT2D eigenvalue weighted by atomic mass is 10.1. The number of hydrogen-bond donors (Lipinski definition) is 3. The van der Waals surface area contributed by atoms with Gasteiger partial charge in [0.15, 0.2) is 5.69 Å². The van der Waals surface area contributed by atoms with Crippen molar-refractivity contribution >= 4 is 34.3 Å². The van der Waals surface area contributed by atoms with Crippen LogP contribution in [0.25, 0.3) is 11.0 Å². The predicted octanol–water partition coefficient (Wildman–Crippen LogP) is 4.02. The van der Waals surface area contributed by atoms with Gasteiger partial charge >= 0.3 is 5.97 Å². The van der Waals surface area contributed by atoms with E-state index in [9.17, 15) is 9.59 Å². The Balaban J connectivity index is 1.47. The maximum atomic E-state index is 13.2. The molecule has 1 saturated heterocycles. The van der Waals surface area contributed by atoms with Crippen LogP contribution in [0.3, 0.4) is 0 Å². The fraction of sp³-hybridized carbons (Fsp3) is 0.323. The quantitative estimate of drug-likeness (QED) is 0.223. The third-order valence-corrected chi connectivity index (χ3v) is 7.07. The highest BCUT2D eigenvalue weighted by molar-refractivity contribution is 6.11. The first-order chi connectivity index (χ1) is 20.1. The Morgan fingerprint density at radius 1 is 1.12 bits per heavy atom. The van der Waals surface area contributed by atoms with Gasteiger partial charge < -0.3 is 34.5 Å². The van der Waals surface area contributed by atoms with E-state index in [1.807, 2.05) is 65.2 Å². The van der Waals surface area contributed by atoms with Gasteiger partial charge in [-0.25, -0.2) is 9.78 Å². The van der Waals surface area contributed by atoms with Crippen molar-refractivity contribution in [1.29, 1.82) is 0 Å². The molecule has 1 atom stereocenters. The third-order valence-electron chi connectivity index (χ3n) is 7.07. The second-order valence-electron chi connectivity index (χ2n) is 9.82. The molecule has 1 fully saturated rings. The molecule has 0 aliphatic carbocycles. The highest BCUT2D eigenvalue weighted by atomic mass is 16.5. The van der Waals surface area contributed by atoms with Crippen LogP contribution in [-0.2, 0) is 33.8 Å². The highest BCUT2D eigenvalue weighted by Gasteiger charge is 2.29. The van der Waals surface area contributed by atoms with Crippen LogP contribution in [-0.4, -0.2) is 60.1 Å². The van der Waals surface area contributed by atoms with E-state index in [1.54, 1.807) is 6.20 Å². The number of aliphatic hydroxyl groups excluding tert-OH is 1. The molecular formula is C31H34N4O6. The van der Waals surface area contributed by atoms with Gasteiger partial charge in [0.1, 0.15) is 18.0 Å². The molecule has 214 valence electrons. The fourth-order valence-corrected chi connectivity index (χ4v) is 4.90. The van der Waals surface area contributed by atoms with Crippen LogP contribution >= 0.6 is 0 Å². The minimum Gasteiger partial charge on any atom is -0.491 e. The number of benzene rings is 2. The monoisotopic (exact) mass is 558 g/mol. The molecule has 1 aliphatic heterocycles. The Labute approximate surface area is 238 Å². The number of carbonyl (C=O) groups excluding carboxylic acids is 2. The van der Waals surface area contributed by atoms with E-state index in [0.717, 1.165) is 16.8 Å². The van der Waals surface area contributed by atoms with Crippen molar-refractivity contribution in [1.82, 2.24) is 9.55 Å². The number of aliphatic hydroxyl groups is 1. The van der Waals surface area contributed by atoms with E-state index in [2.05, 4.69) is 10.6 Å². The molecule has 0 bridgehead atoms. The first-order valence-corrected chi connectivity index (χ1v) is 13.7. The summed E-state index contributed by atoms with van der Waals surface area (Å²) >= 11 is 0. The summed E-state index contributed by atoms with van der Waals surface area (Å²) in [4.78, 5) is 31.1. The van der Waals surface area contributed by atoms with E-state index in [4.69, 9.17) is 24.3 Å². The molecule has 1 amide bonds. The molecule has 10 heteroatoms. The molecule has 0 radical (unpaired) electrons. The van der Waals surface area contributed by atoms with E-state index in [1.165, 1.54) is 7.11 Å². The SMILES string of the molecule is COC(=O)c1c(NC(=O)C2CCOC2)c2cc(NCc3ccc(OCCO)cc3)cnc2n1CCc1ccccc1. The van der Waals surface area contributed by atoms with Crippen LogP contribution in [0, 0.1) is 5.92 Å². The Morgan fingerprint density at radius 3 is 2.63 bits per heavy atom. The summed E-state index contributed by atoms with van der Waals surface area (Å²) in [6.07, 6.45) is 3.01. The lowest BCUT2D eigenvalue weighted by Gasteiger charge is -2.12. The zero-order valence-corrected chi connectivity index (χ0v) is 23.0. The molecule has 0 spiro atoms. The average Bonchev–Trinajstić information content (AvgIpc) is 3.66. The summed E-state index contributed by atoms with van der Waals surface area (Å²) < 4.78 is 17.8. The van der Waals surface area contributed by atoms with Crippen molar-refractivity contribution in [2.75, 3.05) is 44.2 Å². The summed E-state index contributed by atoms with van der Waals surface area (Å²) in [5.74, 6) is -0.350. The van der Waals surface area contributed by atoms with Crippen molar-refractivity contribution in [3.63, 3.8) is 0 Å². The normalized spacial score (nSPS) is 14.6. The smallest absolute Gasteiger partial charge is 0.356 e. The molecule has 1 unspecified atom stereocenters. The van der Waals surface area contributed by atoms with Crippen LogP contribution in [0.15, 0.2) is 66.9 Å². The number of fused-ring (bicyclic) bond motifs is 1. The lowest BCUT2D eigenvalue weighted by molar-refractivity contribution is -0.119. The number of rotatable bonds is 12. The van der Waals surface area contributed by atoms with E-state index in [0.29, 0.717) is 61.6 Å². The number of hydrogen-bond acceptors (Lipinski definition) is 8. The van der Waals surface area contributed by atoms with E-state index in [-0.39, 0.29) is 30.7 Å². The average molecular weight is 559 g/mol. The number of anilines is 2. The number of nitrogens with one attached hydrogen (secondary N) is 2. The Bertz CT molecular complexity index is 1480. The Hall–Kier alpha value is -4.41. The number of nitrogens with zero attached hydrogens (tertiary/aromatic N) is 2. The Morgan fingerprint density at radius 2 is 1.93 bits per heavy atom. The summed E-state index contributed by atoms with van der Waals surface area (Å²) in [5.41, 5.74) is 4.09. The van der Waals surface area contributed by atoms with Gasteiger partial charge in [-0.1, -0.05) is 42.5 Å². The summed E-state index contributed by atoms with van der Waals surface area (Å²) in [5, 5.41) is 16.0. The zero-order valence-electron chi connectivity index (χ0n) is 23.0. The summed E-state index contributed by atoms with van der Waals surface area (Å²) in [6, 6.07) is 19.5. The van der Waals surface area contributed by atoms with Crippen LogP contribution in [0.2, 0.25) is 0 Å².